The number of rotatable bonds is 3. The molecule has 2 fully saturated rings. The topological polar surface area (TPSA) is 66.6 Å². The minimum atomic E-state index is 0.00163. The quantitative estimate of drug-likeness (QED) is 0.664. The van der Waals surface area contributed by atoms with Gasteiger partial charge in [-0.15, -0.1) is 10.2 Å². The molecule has 1 atom stereocenters. The summed E-state index contributed by atoms with van der Waals surface area (Å²) in [6.45, 7) is 10.7. The van der Waals surface area contributed by atoms with Crippen molar-refractivity contribution in [2.24, 2.45) is 5.41 Å². The molecule has 0 bridgehead atoms. The minimum absolute atomic E-state index is 0.00163. The highest BCUT2D eigenvalue weighted by Gasteiger charge is 2.34. The van der Waals surface area contributed by atoms with Crippen LogP contribution in [0.1, 0.15) is 58.7 Å². The van der Waals surface area contributed by atoms with Gasteiger partial charge in [0, 0.05) is 43.4 Å². The molecule has 1 aromatic carbocycles. The van der Waals surface area contributed by atoms with Gasteiger partial charge in [-0.1, -0.05) is 32.9 Å². The van der Waals surface area contributed by atoms with Crippen molar-refractivity contribution in [2.75, 3.05) is 24.5 Å². The average Bonchev–Trinajstić information content (AvgIpc) is 3.44. The molecule has 5 rings (SSSR count). The summed E-state index contributed by atoms with van der Waals surface area (Å²) < 4.78 is 2.17. The van der Waals surface area contributed by atoms with E-state index in [1.165, 1.54) is 12.8 Å². The zero-order chi connectivity index (χ0) is 21.0. The molecule has 7 heteroatoms. The summed E-state index contributed by atoms with van der Waals surface area (Å²) in [6, 6.07) is 8.28. The molecule has 1 aliphatic heterocycles. The highest BCUT2D eigenvalue weighted by Crippen LogP contribution is 2.40. The third kappa shape index (κ3) is 3.40. The van der Waals surface area contributed by atoms with E-state index >= 15 is 0 Å². The van der Waals surface area contributed by atoms with Crippen LogP contribution in [-0.4, -0.2) is 56.1 Å². The van der Waals surface area contributed by atoms with Crippen molar-refractivity contribution in [1.29, 1.82) is 0 Å². The predicted molar refractivity (Wildman–Crippen MR) is 118 cm³/mol. The van der Waals surface area contributed by atoms with Crippen LogP contribution in [0, 0.1) is 5.41 Å². The van der Waals surface area contributed by atoms with E-state index in [4.69, 9.17) is 4.98 Å². The number of amides is 1. The molecule has 7 nitrogen and oxygen atoms in total. The standard InChI is InChI=1S/C23H30N6O/c1-15-14-27(11-12-28(15)19(30)13-23(2,3)4)22-24-18-8-6-5-7-17(18)21-26-25-20(29(21)22)16-9-10-16/h5-8,15-16H,9-14H2,1-4H3/t15-/m0/s1. The van der Waals surface area contributed by atoms with Crippen LogP contribution in [-0.2, 0) is 4.79 Å². The van der Waals surface area contributed by atoms with Crippen LogP contribution in [0.3, 0.4) is 0 Å². The first-order chi connectivity index (χ1) is 14.3. The lowest BCUT2D eigenvalue weighted by molar-refractivity contribution is -0.135. The van der Waals surface area contributed by atoms with Gasteiger partial charge in [0.05, 0.1) is 5.52 Å². The molecule has 1 aliphatic carbocycles. The minimum Gasteiger partial charge on any atom is -0.338 e. The molecular weight excluding hydrogens is 376 g/mol. The van der Waals surface area contributed by atoms with Gasteiger partial charge >= 0.3 is 0 Å². The SMILES string of the molecule is C[C@H]1CN(c2nc3ccccc3c3nnc(C4CC4)n23)CCN1C(=O)CC(C)(C)C. The number of piperazine rings is 1. The Morgan fingerprint density at radius 2 is 1.90 bits per heavy atom. The summed E-state index contributed by atoms with van der Waals surface area (Å²) in [5, 5.41) is 10.1. The Labute approximate surface area is 177 Å². The fourth-order valence-corrected chi connectivity index (χ4v) is 4.47. The zero-order valence-corrected chi connectivity index (χ0v) is 18.3. The van der Waals surface area contributed by atoms with Crippen LogP contribution in [0.15, 0.2) is 24.3 Å². The molecule has 1 saturated carbocycles. The first-order valence-corrected chi connectivity index (χ1v) is 11.0. The number of hydrogen-bond donors (Lipinski definition) is 0. The Kier molecular flexibility index (Phi) is 4.45. The maximum Gasteiger partial charge on any atom is 0.223 e. The maximum atomic E-state index is 12.8. The second-order valence-electron chi connectivity index (χ2n) is 10.0. The normalized spacial score (nSPS) is 20.3. The lowest BCUT2D eigenvalue weighted by Gasteiger charge is -2.41. The summed E-state index contributed by atoms with van der Waals surface area (Å²) in [7, 11) is 0. The van der Waals surface area contributed by atoms with E-state index in [0.29, 0.717) is 18.9 Å². The van der Waals surface area contributed by atoms with E-state index in [0.717, 1.165) is 41.4 Å². The van der Waals surface area contributed by atoms with Gasteiger partial charge in [-0.3, -0.25) is 4.79 Å². The van der Waals surface area contributed by atoms with Crippen molar-refractivity contribution >= 4 is 28.4 Å². The number of para-hydroxylation sites is 1. The van der Waals surface area contributed by atoms with Crippen LogP contribution in [0.5, 0.6) is 0 Å². The number of anilines is 1. The lowest BCUT2D eigenvalue weighted by Crippen LogP contribution is -2.55. The first-order valence-electron chi connectivity index (χ1n) is 11.0. The second kappa shape index (κ2) is 6.93. The number of fused-ring (bicyclic) bond motifs is 3. The smallest absolute Gasteiger partial charge is 0.223 e. The van der Waals surface area contributed by atoms with Crippen LogP contribution in [0.4, 0.5) is 5.95 Å². The number of benzene rings is 1. The third-order valence-corrected chi connectivity index (χ3v) is 6.11. The Balaban J connectivity index is 1.50. The van der Waals surface area contributed by atoms with Crippen molar-refractivity contribution < 1.29 is 4.79 Å². The highest BCUT2D eigenvalue weighted by molar-refractivity contribution is 5.92. The van der Waals surface area contributed by atoms with Gasteiger partial charge in [0.25, 0.3) is 0 Å². The lowest BCUT2D eigenvalue weighted by atomic mass is 9.91. The summed E-state index contributed by atoms with van der Waals surface area (Å²) in [5.41, 5.74) is 1.83. The molecule has 1 saturated heterocycles. The van der Waals surface area contributed by atoms with Crippen molar-refractivity contribution in [3.05, 3.63) is 30.1 Å². The van der Waals surface area contributed by atoms with Gasteiger partial charge in [0.2, 0.25) is 11.9 Å². The maximum absolute atomic E-state index is 12.8. The fourth-order valence-electron chi connectivity index (χ4n) is 4.47. The molecule has 2 aliphatic rings. The monoisotopic (exact) mass is 406 g/mol. The van der Waals surface area contributed by atoms with Crippen molar-refractivity contribution in [3.8, 4) is 0 Å². The fraction of sp³-hybridized carbons (Fsp3) is 0.565. The number of hydrogen-bond acceptors (Lipinski definition) is 5. The van der Waals surface area contributed by atoms with Crippen LogP contribution in [0.2, 0.25) is 0 Å². The first kappa shape index (κ1) is 19.3. The molecule has 3 heterocycles. The number of nitrogens with zero attached hydrogens (tertiary/aromatic N) is 6. The third-order valence-electron chi connectivity index (χ3n) is 6.11. The molecular formula is C23H30N6O. The van der Waals surface area contributed by atoms with Crippen molar-refractivity contribution in [2.45, 2.75) is 58.9 Å². The second-order valence-corrected chi connectivity index (χ2v) is 10.0. The van der Waals surface area contributed by atoms with E-state index in [1.807, 2.05) is 23.1 Å². The Hall–Kier alpha value is -2.70. The average molecular weight is 407 g/mol. The van der Waals surface area contributed by atoms with Crippen LogP contribution in [0.25, 0.3) is 16.6 Å². The van der Waals surface area contributed by atoms with E-state index in [2.05, 4.69) is 53.3 Å². The molecule has 158 valence electrons. The summed E-state index contributed by atoms with van der Waals surface area (Å²) in [6.07, 6.45) is 2.91. The van der Waals surface area contributed by atoms with Gasteiger partial charge in [0.1, 0.15) is 5.82 Å². The van der Waals surface area contributed by atoms with Gasteiger partial charge in [0.15, 0.2) is 5.65 Å². The Morgan fingerprint density at radius 3 is 2.60 bits per heavy atom. The van der Waals surface area contributed by atoms with Crippen molar-refractivity contribution in [3.63, 3.8) is 0 Å². The molecule has 3 aromatic rings. The van der Waals surface area contributed by atoms with E-state index in [1.54, 1.807) is 0 Å². The van der Waals surface area contributed by atoms with E-state index in [-0.39, 0.29) is 17.4 Å². The molecule has 1 amide bonds. The van der Waals surface area contributed by atoms with Gasteiger partial charge in [-0.25, -0.2) is 9.38 Å². The molecule has 2 aromatic heterocycles. The summed E-state index contributed by atoms with van der Waals surface area (Å²) >= 11 is 0. The number of carbonyl (C=O) groups excluding carboxylic acids is 1. The molecule has 0 spiro atoms. The molecule has 0 unspecified atom stereocenters. The van der Waals surface area contributed by atoms with Crippen LogP contribution < -0.4 is 4.90 Å². The Bertz CT molecular complexity index is 1110. The Morgan fingerprint density at radius 1 is 1.13 bits per heavy atom. The number of aromatic nitrogens is 4. The summed E-state index contributed by atoms with van der Waals surface area (Å²) in [4.78, 5) is 22.2. The summed E-state index contributed by atoms with van der Waals surface area (Å²) in [5.74, 6) is 2.66. The molecule has 0 radical (unpaired) electrons. The highest BCUT2D eigenvalue weighted by atomic mass is 16.2. The van der Waals surface area contributed by atoms with Gasteiger partial charge in [-0.05, 0) is 37.3 Å². The van der Waals surface area contributed by atoms with E-state index in [9.17, 15) is 4.79 Å². The van der Waals surface area contributed by atoms with Gasteiger partial charge < -0.3 is 9.80 Å². The number of carbonyl (C=O) groups is 1. The van der Waals surface area contributed by atoms with Crippen molar-refractivity contribution in [1.82, 2.24) is 24.5 Å². The zero-order valence-electron chi connectivity index (χ0n) is 18.3. The predicted octanol–water partition coefficient (Wildman–Crippen LogP) is 3.63. The molecule has 0 N–H and O–H groups in total. The van der Waals surface area contributed by atoms with Crippen LogP contribution >= 0.6 is 0 Å². The van der Waals surface area contributed by atoms with E-state index < -0.39 is 0 Å². The van der Waals surface area contributed by atoms with Gasteiger partial charge in [-0.2, -0.15) is 0 Å². The largest absolute Gasteiger partial charge is 0.338 e. The molecule has 30 heavy (non-hydrogen) atoms.